The largest absolute Gasteiger partial charge is 0.490 e. The van der Waals surface area contributed by atoms with Crippen molar-refractivity contribution in [2.45, 2.75) is 19.8 Å². The first kappa shape index (κ1) is 15.7. The van der Waals surface area contributed by atoms with Crippen molar-refractivity contribution in [1.29, 1.82) is 0 Å². The van der Waals surface area contributed by atoms with Crippen LogP contribution in [0.5, 0.6) is 17.2 Å². The summed E-state index contributed by atoms with van der Waals surface area (Å²) >= 11 is 6.27. The third kappa shape index (κ3) is 4.38. The van der Waals surface area contributed by atoms with Crippen LogP contribution >= 0.6 is 11.6 Å². The van der Waals surface area contributed by atoms with E-state index in [9.17, 15) is 0 Å². The Morgan fingerprint density at radius 1 is 1.05 bits per heavy atom. The predicted molar refractivity (Wildman–Crippen MR) is 86.5 cm³/mol. The molecule has 0 saturated carbocycles. The third-order valence-corrected chi connectivity index (χ3v) is 3.26. The molecule has 0 radical (unpaired) electrons. The SMILES string of the molecule is CCCOc1ccccc1Oc1ccc(CCN)cc1Cl. The summed E-state index contributed by atoms with van der Waals surface area (Å²) in [7, 11) is 0. The fourth-order valence-electron chi connectivity index (χ4n) is 1.93. The van der Waals surface area contributed by atoms with E-state index in [2.05, 4.69) is 6.92 Å². The number of hydrogen-bond donors (Lipinski definition) is 1. The van der Waals surface area contributed by atoms with Crippen molar-refractivity contribution >= 4 is 11.6 Å². The molecule has 0 spiro atoms. The van der Waals surface area contributed by atoms with Gasteiger partial charge in [-0.15, -0.1) is 0 Å². The highest BCUT2D eigenvalue weighted by Crippen LogP contribution is 2.35. The molecule has 2 N–H and O–H groups in total. The number of benzene rings is 2. The van der Waals surface area contributed by atoms with Gasteiger partial charge in [-0.1, -0.05) is 36.7 Å². The lowest BCUT2D eigenvalue weighted by molar-refractivity contribution is 0.302. The molecular weight excluding hydrogens is 286 g/mol. The van der Waals surface area contributed by atoms with Gasteiger partial charge in [-0.3, -0.25) is 0 Å². The first-order valence-electron chi connectivity index (χ1n) is 7.12. The fraction of sp³-hybridized carbons (Fsp3) is 0.294. The average Bonchev–Trinajstić information content (AvgIpc) is 2.49. The third-order valence-electron chi connectivity index (χ3n) is 2.96. The summed E-state index contributed by atoms with van der Waals surface area (Å²) in [6.45, 7) is 3.32. The standard InChI is InChI=1S/C17H20ClNO2/c1-2-11-20-16-5-3-4-6-17(16)21-15-8-7-13(9-10-19)12-14(15)18/h3-8,12H,2,9-11,19H2,1H3. The van der Waals surface area contributed by atoms with Gasteiger partial charge in [0.2, 0.25) is 0 Å². The number of nitrogens with two attached hydrogens (primary N) is 1. The predicted octanol–water partition coefficient (Wildman–Crippen LogP) is 4.42. The Bertz CT molecular complexity index is 587. The lowest BCUT2D eigenvalue weighted by Crippen LogP contribution is -2.02. The van der Waals surface area contributed by atoms with Crippen molar-refractivity contribution < 1.29 is 9.47 Å². The minimum absolute atomic E-state index is 0.575. The Labute approximate surface area is 130 Å². The second-order valence-electron chi connectivity index (χ2n) is 4.70. The van der Waals surface area contributed by atoms with Crippen molar-refractivity contribution in [2.75, 3.05) is 13.2 Å². The van der Waals surface area contributed by atoms with Gasteiger partial charge in [0, 0.05) is 0 Å². The van der Waals surface area contributed by atoms with Crippen LogP contribution in [-0.2, 0) is 6.42 Å². The molecule has 4 heteroatoms. The van der Waals surface area contributed by atoms with Gasteiger partial charge in [0.15, 0.2) is 11.5 Å². The summed E-state index contributed by atoms with van der Waals surface area (Å²) in [5, 5.41) is 0.575. The van der Waals surface area contributed by atoms with Crippen molar-refractivity contribution in [1.82, 2.24) is 0 Å². The molecule has 112 valence electrons. The number of hydrogen-bond acceptors (Lipinski definition) is 3. The van der Waals surface area contributed by atoms with Crippen LogP contribution in [0.2, 0.25) is 5.02 Å². The van der Waals surface area contributed by atoms with Gasteiger partial charge in [0.1, 0.15) is 5.75 Å². The van der Waals surface area contributed by atoms with Gasteiger partial charge in [0.05, 0.1) is 11.6 Å². The maximum absolute atomic E-state index is 6.27. The summed E-state index contributed by atoms with van der Waals surface area (Å²) in [5.41, 5.74) is 6.65. The molecule has 0 aliphatic heterocycles. The highest BCUT2D eigenvalue weighted by atomic mass is 35.5. The Morgan fingerprint density at radius 3 is 2.48 bits per heavy atom. The molecule has 0 unspecified atom stereocenters. The van der Waals surface area contributed by atoms with E-state index < -0.39 is 0 Å². The van der Waals surface area contributed by atoms with Crippen LogP contribution < -0.4 is 15.2 Å². The molecule has 0 bridgehead atoms. The van der Waals surface area contributed by atoms with E-state index in [1.165, 1.54) is 0 Å². The van der Waals surface area contributed by atoms with E-state index in [0.29, 0.717) is 29.7 Å². The van der Waals surface area contributed by atoms with Crippen molar-refractivity contribution in [3.8, 4) is 17.2 Å². The summed E-state index contributed by atoms with van der Waals surface area (Å²) in [6, 6.07) is 13.3. The molecule has 0 fully saturated rings. The second-order valence-corrected chi connectivity index (χ2v) is 5.11. The molecule has 3 nitrogen and oxygen atoms in total. The highest BCUT2D eigenvalue weighted by molar-refractivity contribution is 6.32. The maximum Gasteiger partial charge on any atom is 0.169 e. The van der Waals surface area contributed by atoms with Gasteiger partial charge < -0.3 is 15.2 Å². The molecule has 2 aromatic carbocycles. The number of ether oxygens (including phenoxy) is 2. The molecular formula is C17H20ClNO2. The van der Waals surface area contributed by atoms with Gasteiger partial charge in [0.25, 0.3) is 0 Å². The zero-order valence-electron chi connectivity index (χ0n) is 12.1. The molecule has 0 aliphatic carbocycles. The summed E-state index contributed by atoms with van der Waals surface area (Å²) < 4.78 is 11.6. The van der Waals surface area contributed by atoms with Crippen LogP contribution in [-0.4, -0.2) is 13.2 Å². The molecule has 0 atom stereocenters. The lowest BCUT2D eigenvalue weighted by Gasteiger charge is -2.13. The summed E-state index contributed by atoms with van der Waals surface area (Å²) in [6.07, 6.45) is 1.75. The number of rotatable bonds is 7. The topological polar surface area (TPSA) is 44.5 Å². The van der Waals surface area contributed by atoms with E-state index in [1.807, 2.05) is 42.5 Å². The molecule has 0 amide bonds. The Hall–Kier alpha value is -1.71. The minimum atomic E-state index is 0.575. The Balaban J connectivity index is 2.18. The minimum Gasteiger partial charge on any atom is -0.490 e. The lowest BCUT2D eigenvalue weighted by atomic mass is 10.1. The van der Waals surface area contributed by atoms with Crippen molar-refractivity contribution in [3.05, 3.63) is 53.1 Å². The Kier molecular flexibility index (Phi) is 5.90. The monoisotopic (exact) mass is 305 g/mol. The van der Waals surface area contributed by atoms with Crippen LogP contribution in [0, 0.1) is 0 Å². The normalized spacial score (nSPS) is 10.4. The molecule has 0 aliphatic rings. The van der Waals surface area contributed by atoms with Gasteiger partial charge in [-0.2, -0.15) is 0 Å². The molecule has 0 saturated heterocycles. The average molecular weight is 306 g/mol. The molecule has 2 rings (SSSR count). The van der Waals surface area contributed by atoms with E-state index in [1.54, 1.807) is 0 Å². The van der Waals surface area contributed by atoms with Gasteiger partial charge >= 0.3 is 0 Å². The highest BCUT2D eigenvalue weighted by Gasteiger charge is 2.09. The fourth-order valence-corrected chi connectivity index (χ4v) is 2.18. The number of para-hydroxylation sites is 2. The van der Waals surface area contributed by atoms with Gasteiger partial charge in [-0.25, -0.2) is 0 Å². The molecule has 0 heterocycles. The van der Waals surface area contributed by atoms with Crippen LogP contribution in [0.25, 0.3) is 0 Å². The first-order chi connectivity index (χ1) is 10.2. The second kappa shape index (κ2) is 7.91. The van der Waals surface area contributed by atoms with Gasteiger partial charge in [-0.05, 0) is 49.2 Å². The van der Waals surface area contributed by atoms with E-state index >= 15 is 0 Å². The quantitative estimate of drug-likeness (QED) is 0.823. The van der Waals surface area contributed by atoms with Crippen LogP contribution in [0.3, 0.4) is 0 Å². The zero-order chi connectivity index (χ0) is 15.1. The zero-order valence-corrected chi connectivity index (χ0v) is 12.9. The van der Waals surface area contributed by atoms with Crippen LogP contribution in [0.4, 0.5) is 0 Å². The maximum atomic E-state index is 6.27. The molecule has 21 heavy (non-hydrogen) atoms. The van der Waals surface area contributed by atoms with Crippen molar-refractivity contribution in [2.24, 2.45) is 5.73 Å². The summed E-state index contributed by atoms with van der Waals surface area (Å²) in [5.74, 6) is 2.01. The number of halogens is 1. The smallest absolute Gasteiger partial charge is 0.169 e. The van der Waals surface area contributed by atoms with E-state index in [-0.39, 0.29) is 0 Å². The van der Waals surface area contributed by atoms with Crippen LogP contribution in [0.1, 0.15) is 18.9 Å². The first-order valence-corrected chi connectivity index (χ1v) is 7.50. The van der Waals surface area contributed by atoms with Crippen molar-refractivity contribution in [3.63, 3.8) is 0 Å². The Morgan fingerprint density at radius 2 is 1.81 bits per heavy atom. The molecule has 2 aromatic rings. The van der Waals surface area contributed by atoms with E-state index in [4.69, 9.17) is 26.8 Å². The van der Waals surface area contributed by atoms with Crippen LogP contribution in [0.15, 0.2) is 42.5 Å². The molecule has 0 aromatic heterocycles. The summed E-state index contributed by atoms with van der Waals surface area (Å²) in [4.78, 5) is 0. The van der Waals surface area contributed by atoms with E-state index in [0.717, 1.165) is 24.2 Å².